The number of likely N-dealkylation sites (N-methyl/N-ethyl adjacent to an activating group) is 1. The van der Waals surface area contributed by atoms with Crippen molar-refractivity contribution in [2.45, 2.75) is 309 Å². The number of allylic oxidation sites excluding steroid dienone is 9. The van der Waals surface area contributed by atoms with Crippen LogP contribution >= 0.6 is 7.82 Å². The lowest BCUT2D eigenvalue weighted by Crippen LogP contribution is -2.45. The maximum Gasteiger partial charge on any atom is 0.472 e. The van der Waals surface area contributed by atoms with Gasteiger partial charge in [-0.1, -0.05) is 274 Å². The summed E-state index contributed by atoms with van der Waals surface area (Å²) in [6.45, 7) is 4.81. The Balaban J connectivity index is 4.18. The van der Waals surface area contributed by atoms with Gasteiger partial charge >= 0.3 is 7.82 Å². The second-order valence-electron chi connectivity index (χ2n) is 22.8. The number of rotatable bonds is 58. The molecule has 0 aliphatic heterocycles. The van der Waals surface area contributed by atoms with E-state index in [1.807, 2.05) is 27.2 Å². The van der Waals surface area contributed by atoms with Gasteiger partial charge in [-0.05, 0) is 77.0 Å². The molecule has 434 valence electrons. The predicted octanol–water partition coefficient (Wildman–Crippen LogP) is 19.7. The first kappa shape index (κ1) is 72.2. The molecule has 74 heavy (non-hydrogen) atoms. The van der Waals surface area contributed by atoms with E-state index < -0.39 is 20.0 Å². The molecule has 0 aliphatic carbocycles. The van der Waals surface area contributed by atoms with E-state index in [1.165, 1.54) is 225 Å². The van der Waals surface area contributed by atoms with Crippen LogP contribution in [0.4, 0.5) is 0 Å². The number of nitrogens with one attached hydrogen (secondary N) is 1. The van der Waals surface area contributed by atoms with Crippen LogP contribution in [0.25, 0.3) is 0 Å². The average molecular weight is 1060 g/mol. The number of nitrogens with zero attached hydrogens (tertiary/aromatic N) is 1. The third-order valence-corrected chi connectivity index (χ3v) is 15.2. The van der Waals surface area contributed by atoms with Crippen LogP contribution in [0.3, 0.4) is 0 Å². The number of phosphoric ester groups is 1. The molecule has 0 aromatic heterocycles. The van der Waals surface area contributed by atoms with Crippen molar-refractivity contribution in [1.82, 2.24) is 5.32 Å². The van der Waals surface area contributed by atoms with Crippen molar-refractivity contribution in [3.8, 4) is 0 Å². The topological polar surface area (TPSA) is 105 Å². The normalized spacial score (nSPS) is 14.2. The third-order valence-electron chi connectivity index (χ3n) is 14.2. The second-order valence-corrected chi connectivity index (χ2v) is 24.2. The van der Waals surface area contributed by atoms with E-state index >= 15 is 0 Å². The van der Waals surface area contributed by atoms with Gasteiger partial charge in [-0.2, -0.15) is 0 Å². The van der Waals surface area contributed by atoms with E-state index in [1.54, 1.807) is 6.08 Å². The monoisotopic (exact) mass is 1060 g/mol. The molecule has 0 saturated heterocycles. The highest BCUT2D eigenvalue weighted by Gasteiger charge is 2.27. The molecule has 3 unspecified atom stereocenters. The Kier molecular flexibility index (Phi) is 54.6. The lowest BCUT2D eigenvalue weighted by atomic mass is 10.0. The number of unbranched alkanes of at least 4 members (excludes halogenated alkanes) is 37. The lowest BCUT2D eigenvalue weighted by Gasteiger charge is -2.25. The summed E-state index contributed by atoms with van der Waals surface area (Å²) in [6, 6.07) is -0.872. The summed E-state index contributed by atoms with van der Waals surface area (Å²) in [6.07, 6.45) is 76.3. The van der Waals surface area contributed by atoms with Gasteiger partial charge in [0.2, 0.25) is 5.91 Å². The van der Waals surface area contributed by atoms with Crippen LogP contribution in [-0.2, 0) is 18.4 Å². The number of amides is 1. The highest BCUT2D eigenvalue weighted by Crippen LogP contribution is 2.43. The fraction of sp³-hybridized carbons (Fsp3) is 0.831. The van der Waals surface area contributed by atoms with E-state index in [0.29, 0.717) is 17.4 Å². The smallest absolute Gasteiger partial charge is 0.387 e. The molecule has 3 N–H and O–H groups in total. The molecule has 0 radical (unpaired) electrons. The summed E-state index contributed by atoms with van der Waals surface area (Å²) in [5, 5.41) is 13.9. The van der Waals surface area contributed by atoms with Gasteiger partial charge < -0.3 is 19.8 Å². The minimum atomic E-state index is -4.36. The van der Waals surface area contributed by atoms with Gasteiger partial charge in [-0.3, -0.25) is 13.8 Å². The number of hydrogen-bond acceptors (Lipinski definition) is 5. The lowest BCUT2D eigenvalue weighted by molar-refractivity contribution is -0.870. The fourth-order valence-corrected chi connectivity index (χ4v) is 9.96. The van der Waals surface area contributed by atoms with Gasteiger partial charge in [0.05, 0.1) is 39.9 Å². The van der Waals surface area contributed by atoms with Crippen LogP contribution in [0.15, 0.2) is 60.8 Å². The molecule has 0 fully saturated rings. The Labute approximate surface area is 460 Å². The molecule has 8 nitrogen and oxygen atoms in total. The summed E-state index contributed by atoms with van der Waals surface area (Å²) >= 11 is 0. The van der Waals surface area contributed by atoms with Crippen molar-refractivity contribution in [3.63, 3.8) is 0 Å². The molecule has 0 aromatic carbocycles. The number of aliphatic hydroxyl groups is 1. The first-order chi connectivity index (χ1) is 36.0. The zero-order valence-electron chi connectivity index (χ0n) is 49.6. The van der Waals surface area contributed by atoms with Crippen molar-refractivity contribution in [1.29, 1.82) is 0 Å². The van der Waals surface area contributed by atoms with Gasteiger partial charge in [-0.25, -0.2) is 4.57 Å². The van der Waals surface area contributed by atoms with E-state index in [0.717, 1.165) is 51.4 Å². The van der Waals surface area contributed by atoms with E-state index in [4.69, 9.17) is 9.05 Å². The zero-order chi connectivity index (χ0) is 54.2. The fourth-order valence-electron chi connectivity index (χ4n) is 9.22. The average Bonchev–Trinajstić information content (AvgIpc) is 3.36. The Bertz CT molecular complexity index is 1390. The van der Waals surface area contributed by atoms with Crippen molar-refractivity contribution >= 4 is 13.7 Å². The minimum Gasteiger partial charge on any atom is -0.387 e. The van der Waals surface area contributed by atoms with Crippen molar-refractivity contribution in [2.75, 3.05) is 40.9 Å². The molecule has 3 atom stereocenters. The summed E-state index contributed by atoms with van der Waals surface area (Å²) < 4.78 is 23.7. The van der Waals surface area contributed by atoms with Crippen LogP contribution in [0.2, 0.25) is 0 Å². The predicted molar refractivity (Wildman–Crippen MR) is 323 cm³/mol. The molecule has 0 aliphatic rings. The number of carbonyl (C=O) groups is 1. The van der Waals surface area contributed by atoms with Crippen LogP contribution in [-0.4, -0.2) is 73.4 Å². The van der Waals surface area contributed by atoms with Crippen LogP contribution in [0.1, 0.15) is 296 Å². The number of hydrogen-bond donors (Lipinski definition) is 3. The maximum absolute atomic E-state index is 13.0. The molecule has 9 heteroatoms. The van der Waals surface area contributed by atoms with Gasteiger partial charge in [-0.15, -0.1) is 0 Å². The van der Waals surface area contributed by atoms with Crippen LogP contribution in [0.5, 0.6) is 0 Å². The molecule has 0 bridgehead atoms. The standard InChI is InChI=1S/C65H123N2O6P/c1-6-8-10-12-14-16-18-20-22-24-26-28-30-31-32-33-34-35-37-39-41-43-45-47-49-51-53-55-57-59-65(69)66-63(62-73-74(70,71)72-61-60-67(3,4)5)64(68)58-56-54-52-50-48-46-44-42-40-38-36-29-27-25-23-21-19-17-15-13-11-9-7-2/h18,20,24,26,40,42,48,50,56,58,63-64,68H,6-17,19,21-23,25,27-39,41,43-47,49,51-55,57,59-62H2,1-5H3,(H-,66,69,70,71)/p+1/b20-18-,26-24-,42-40+,50-48+,58-56+. The third kappa shape index (κ3) is 57.9. The van der Waals surface area contributed by atoms with Crippen molar-refractivity contribution in [2.24, 2.45) is 0 Å². The van der Waals surface area contributed by atoms with Crippen molar-refractivity contribution in [3.05, 3.63) is 60.8 Å². The van der Waals surface area contributed by atoms with E-state index in [2.05, 4.69) is 67.8 Å². The first-order valence-corrected chi connectivity index (χ1v) is 33.2. The van der Waals surface area contributed by atoms with Crippen LogP contribution in [0, 0.1) is 0 Å². The van der Waals surface area contributed by atoms with E-state index in [9.17, 15) is 19.4 Å². The number of aliphatic hydroxyl groups excluding tert-OH is 1. The van der Waals surface area contributed by atoms with Gasteiger partial charge in [0.15, 0.2) is 0 Å². The van der Waals surface area contributed by atoms with Gasteiger partial charge in [0, 0.05) is 6.42 Å². The van der Waals surface area contributed by atoms with Crippen LogP contribution < -0.4 is 5.32 Å². The number of phosphoric acid groups is 1. The van der Waals surface area contributed by atoms with Gasteiger partial charge in [0.1, 0.15) is 13.2 Å². The highest BCUT2D eigenvalue weighted by atomic mass is 31.2. The molecule has 0 rings (SSSR count). The molecule has 0 aromatic rings. The van der Waals surface area contributed by atoms with Crippen molar-refractivity contribution < 1.29 is 32.9 Å². The quantitative estimate of drug-likeness (QED) is 0.0243. The zero-order valence-corrected chi connectivity index (χ0v) is 50.5. The molecule has 1 amide bonds. The largest absolute Gasteiger partial charge is 0.472 e. The van der Waals surface area contributed by atoms with E-state index in [-0.39, 0.29) is 19.1 Å². The SMILES string of the molecule is CCCCCCC/C=C\C/C=C\CCCCCCCCCCCCCCCCCCCC(=O)NC(COP(=O)(O)OCC[N+](C)(C)C)C(O)/C=C/CC/C=C/CC/C=C/CCCCCCCCCCCCCCC. The summed E-state index contributed by atoms with van der Waals surface area (Å²) in [7, 11) is 1.55. The molecule has 0 heterocycles. The first-order valence-electron chi connectivity index (χ1n) is 31.7. The van der Waals surface area contributed by atoms with Gasteiger partial charge in [0.25, 0.3) is 0 Å². The molecule has 0 spiro atoms. The maximum atomic E-state index is 13.0. The minimum absolute atomic E-state index is 0.0531. The number of carbonyl (C=O) groups excluding carboxylic acids is 1. The summed E-state index contributed by atoms with van der Waals surface area (Å²) in [5.41, 5.74) is 0. The highest BCUT2D eigenvalue weighted by molar-refractivity contribution is 7.47. The second kappa shape index (κ2) is 55.9. The number of quaternary nitrogens is 1. The Morgan fingerprint density at radius 3 is 1.16 bits per heavy atom. The molecular formula is C65H124N2O6P+. The summed E-state index contributed by atoms with van der Waals surface area (Å²) in [5.74, 6) is -0.188. The Morgan fingerprint density at radius 1 is 0.459 bits per heavy atom. The Morgan fingerprint density at radius 2 is 0.784 bits per heavy atom. The molecular weight excluding hydrogens is 936 g/mol. The Hall–Kier alpha value is -1.80. The summed E-state index contributed by atoms with van der Waals surface area (Å²) in [4.78, 5) is 23.3. The molecule has 0 saturated carbocycles.